The van der Waals surface area contributed by atoms with Crippen LogP contribution in [0.25, 0.3) is 0 Å². The summed E-state index contributed by atoms with van der Waals surface area (Å²) >= 11 is 0. The first-order valence-electron chi connectivity index (χ1n) is 2.66. The Hall–Kier alpha value is -0.990. The van der Waals surface area contributed by atoms with Crippen LogP contribution in [0.4, 0.5) is 4.39 Å². The van der Waals surface area contributed by atoms with E-state index in [1.807, 2.05) is 0 Å². The second kappa shape index (κ2) is 2.09. The minimum Gasteiger partial charge on any atom is -0.183 e. The highest BCUT2D eigenvalue weighted by molar-refractivity contribution is 5.10. The molecule has 1 rings (SSSR count). The molecule has 0 saturated carbocycles. The summed E-state index contributed by atoms with van der Waals surface area (Å²) in [5, 5.41) is 6.78. The molecule has 48 valence electrons. The molecule has 1 aromatic rings. The number of hydrogen-bond acceptors (Lipinski definition) is 2. The fourth-order valence-electron chi connectivity index (χ4n) is 0.603. The van der Waals surface area contributed by atoms with E-state index in [9.17, 15) is 4.39 Å². The second-order valence-corrected chi connectivity index (χ2v) is 1.96. The Morgan fingerprint density at radius 3 is 2.44 bits per heavy atom. The molecule has 0 amide bonds. The van der Waals surface area contributed by atoms with Crippen molar-refractivity contribution in [1.82, 2.24) is 10.2 Å². The first-order valence-corrected chi connectivity index (χ1v) is 2.66. The fourth-order valence-corrected chi connectivity index (χ4v) is 0.603. The Morgan fingerprint density at radius 2 is 2.00 bits per heavy atom. The number of aromatic nitrogens is 2. The van der Waals surface area contributed by atoms with Crippen molar-refractivity contribution in [1.29, 1.82) is 0 Å². The molecule has 1 heterocycles. The van der Waals surface area contributed by atoms with Crippen molar-refractivity contribution >= 4 is 0 Å². The van der Waals surface area contributed by atoms with Crippen molar-refractivity contribution in [3.05, 3.63) is 23.3 Å². The lowest BCUT2D eigenvalue weighted by Crippen LogP contribution is -1.93. The molecule has 2 nitrogen and oxygen atoms in total. The molecule has 0 fully saturated rings. The van der Waals surface area contributed by atoms with E-state index in [2.05, 4.69) is 10.2 Å². The first-order chi connectivity index (χ1) is 4.20. The average molecular weight is 126 g/mol. The summed E-state index contributed by atoms with van der Waals surface area (Å²) in [5.41, 5.74) is 1.29. The van der Waals surface area contributed by atoms with Crippen LogP contribution in [-0.4, -0.2) is 10.2 Å². The van der Waals surface area contributed by atoms with Gasteiger partial charge in [0.25, 0.3) is 0 Å². The molecule has 1 aromatic heterocycles. The molecule has 0 saturated heterocycles. The zero-order valence-corrected chi connectivity index (χ0v) is 5.35. The second-order valence-electron chi connectivity index (χ2n) is 1.96. The van der Waals surface area contributed by atoms with Gasteiger partial charge >= 0.3 is 0 Å². The molecule has 0 aliphatic rings. The highest BCUT2D eigenvalue weighted by Gasteiger charge is 1.96. The molecule has 0 spiro atoms. The third kappa shape index (κ3) is 1.22. The van der Waals surface area contributed by atoms with Crippen molar-refractivity contribution in [2.75, 3.05) is 0 Å². The Morgan fingerprint density at radius 1 is 1.33 bits per heavy atom. The normalized spacial score (nSPS) is 9.67. The summed E-state index contributed by atoms with van der Waals surface area (Å²) in [6.07, 6.45) is 0. The van der Waals surface area contributed by atoms with E-state index in [-0.39, 0.29) is 0 Å². The van der Waals surface area contributed by atoms with Gasteiger partial charge in [0, 0.05) is 5.56 Å². The van der Waals surface area contributed by atoms with Crippen LogP contribution >= 0.6 is 0 Å². The summed E-state index contributed by atoms with van der Waals surface area (Å²) in [5.74, 6) is -0.486. The maximum absolute atomic E-state index is 12.3. The standard InChI is InChI=1S/C6H7FN2/c1-4-3-5(2)8-9-6(4)7/h3H,1-2H3. The van der Waals surface area contributed by atoms with Gasteiger partial charge in [-0.3, -0.25) is 0 Å². The van der Waals surface area contributed by atoms with E-state index in [4.69, 9.17) is 0 Å². The van der Waals surface area contributed by atoms with Crippen molar-refractivity contribution in [2.24, 2.45) is 0 Å². The zero-order chi connectivity index (χ0) is 6.85. The molecule has 3 heteroatoms. The van der Waals surface area contributed by atoms with Crippen LogP contribution in [0, 0.1) is 19.8 Å². The summed E-state index contributed by atoms with van der Waals surface area (Å²) in [7, 11) is 0. The first kappa shape index (κ1) is 6.13. The van der Waals surface area contributed by atoms with Gasteiger partial charge in [-0.05, 0) is 19.9 Å². The summed E-state index contributed by atoms with van der Waals surface area (Å²) in [6.45, 7) is 3.44. The molecule has 0 aromatic carbocycles. The zero-order valence-electron chi connectivity index (χ0n) is 5.35. The molecule has 0 aliphatic carbocycles. The van der Waals surface area contributed by atoms with Crippen molar-refractivity contribution < 1.29 is 4.39 Å². The third-order valence-corrected chi connectivity index (χ3v) is 1.05. The minimum absolute atomic E-state index is 0.486. The van der Waals surface area contributed by atoms with Gasteiger partial charge in [0.05, 0.1) is 5.69 Å². The molecule has 0 radical (unpaired) electrons. The van der Waals surface area contributed by atoms with Gasteiger partial charge in [-0.25, -0.2) is 0 Å². The van der Waals surface area contributed by atoms with E-state index in [1.54, 1.807) is 19.9 Å². The molecular weight excluding hydrogens is 119 g/mol. The SMILES string of the molecule is Cc1cc(C)c(F)nn1. The van der Waals surface area contributed by atoms with Crippen LogP contribution in [0.5, 0.6) is 0 Å². The lowest BCUT2D eigenvalue weighted by Gasteiger charge is -1.92. The number of halogens is 1. The molecule has 0 atom stereocenters. The molecule has 0 unspecified atom stereocenters. The van der Waals surface area contributed by atoms with E-state index in [0.717, 1.165) is 5.69 Å². The van der Waals surface area contributed by atoms with Gasteiger partial charge in [0.15, 0.2) is 0 Å². The van der Waals surface area contributed by atoms with E-state index >= 15 is 0 Å². The van der Waals surface area contributed by atoms with E-state index in [1.165, 1.54) is 0 Å². The summed E-state index contributed by atoms with van der Waals surface area (Å²) in [6, 6.07) is 1.66. The Kier molecular flexibility index (Phi) is 1.42. The van der Waals surface area contributed by atoms with Crippen molar-refractivity contribution in [2.45, 2.75) is 13.8 Å². The van der Waals surface area contributed by atoms with Crippen LogP contribution in [-0.2, 0) is 0 Å². The van der Waals surface area contributed by atoms with Gasteiger partial charge in [0.1, 0.15) is 0 Å². The maximum Gasteiger partial charge on any atom is 0.236 e. The Bertz CT molecular complexity index is 222. The van der Waals surface area contributed by atoms with Gasteiger partial charge < -0.3 is 0 Å². The highest BCUT2D eigenvalue weighted by Crippen LogP contribution is 2.00. The average Bonchev–Trinajstić information content (AvgIpc) is 1.80. The number of aryl methyl sites for hydroxylation is 2. The predicted octanol–water partition coefficient (Wildman–Crippen LogP) is 1.23. The lowest BCUT2D eigenvalue weighted by molar-refractivity contribution is 0.551. The number of rotatable bonds is 0. The van der Waals surface area contributed by atoms with Crippen molar-refractivity contribution in [3.8, 4) is 0 Å². The highest BCUT2D eigenvalue weighted by atomic mass is 19.1. The van der Waals surface area contributed by atoms with Gasteiger partial charge in [0.2, 0.25) is 5.95 Å². The van der Waals surface area contributed by atoms with Crippen molar-refractivity contribution in [3.63, 3.8) is 0 Å². The number of nitrogens with zero attached hydrogens (tertiary/aromatic N) is 2. The molecule has 0 aliphatic heterocycles. The van der Waals surface area contributed by atoms with Crippen LogP contribution in [0.3, 0.4) is 0 Å². The Labute approximate surface area is 52.7 Å². The maximum atomic E-state index is 12.3. The summed E-state index contributed by atoms with van der Waals surface area (Å²) in [4.78, 5) is 0. The summed E-state index contributed by atoms with van der Waals surface area (Å²) < 4.78 is 12.3. The molecular formula is C6H7FN2. The van der Waals surface area contributed by atoms with E-state index < -0.39 is 5.95 Å². The quantitative estimate of drug-likeness (QED) is 0.522. The van der Waals surface area contributed by atoms with E-state index in [0.29, 0.717) is 5.56 Å². The minimum atomic E-state index is -0.486. The van der Waals surface area contributed by atoms with Crippen LogP contribution in [0.2, 0.25) is 0 Å². The smallest absolute Gasteiger partial charge is 0.183 e. The van der Waals surface area contributed by atoms with Crippen LogP contribution < -0.4 is 0 Å². The monoisotopic (exact) mass is 126 g/mol. The van der Waals surface area contributed by atoms with Crippen LogP contribution in [0.1, 0.15) is 11.3 Å². The largest absolute Gasteiger partial charge is 0.236 e. The molecule has 0 bridgehead atoms. The van der Waals surface area contributed by atoms with Gasteiger partial charge in [-0.1, -0.05) is 0 Å². The van der Waals surface area contributed by atoms with Crippen LogP contribution in [0.15, 0.2) is 6.07 Å². The predicted molar refractivity (Wildman–Crippen MR) is 31.5 cm³/mol. The molecule has 9 heavy (non-hydrogen) atoms. The van der Waals surface area contributed by atoms with Gasteiger partial charge in [-0.15, -0.1) is 5.10 Å². The van der Waals surface area contributed by atoms with Gasteiger partial charge in [-0.2, -0.15) is 9.49 Å². The fraction of sp³-hybridized carbons (Fsp3) is 0.333. The third-order valence-electron chi connectivity index (χ3n) is 1.05. The topological polar surface area (TPSA) is 25.8 Å². The Balaban J connectivity index is 3.17. The molecule has 0 N–H and O–H groups in total. The number of hydrogen-bond donors (Lipinski definition) is 0. The lowest BCUT2D eigenvalue weighted by atomic mass is 10.3.